The van der Waals surface area contributed by atoms with Gasteiger partial charge in [-0.3, -0.25) is 14.5 Å². The number of para-hydroxylation sites is 1. The van der Waals surface area contributed by atoms with Gasteiger partial charge in [-0.15, -0.1) is 0 Å². The van der Waals surface area contributed by atoms with E-state index in [0.29, 0.717) is 17.2 Å². The Morgan fingerprint density at radius 1 is 0.897 bits per heavy atom. The zero-order chi connectivity index (χ0) is 20.4. The van der Waals surface area contributed by atoms with E-state index in [1.54, 1.807) is 25.3 Å². The van der Waals surface area contributed by atoms with Crippen LogP contribution in [-0.4, -0.2) is 63.2 Å². The van der Waals surface area contributed by atoms with Gasteiger partial charge in [0, 0.05) is 37.9 Å². The van der Waals surface area contributed by atoms with Crippen LogP contribution in [0.1, 0.15) is 6.42 Å². The van der Waals surface area contributed by atoms with Gasteiger partial charge in [-0.2, -0.15) is 0 Å². The molecule has 2 aromatic carbocycles. The van der Waals surface area contributed by atoms with Gasteiger partial charge in [-0.1, -0.05) is 18.2 Å². The Morgan fingerprint density at radius 2 is 1.62 bits per heavy atom. The normalized spacial score (nSPS) is 20.3. The summed E-state index contributed by atoms with van der Waals surface area (Å²) in [6.07, 6.45) is 0.194. The molecule has 2 aliphatic rings. The molecule has 7 heteroatoms. The molecule has 7 nitrogen and oxygen atoms in total. The molecule has 2 fully saturated rings. The summed E-state index contributed by atoms with van der Waals surface area (Å²) in [6.45, 7) is 3.14. The topological polar surface area (TPSA) is 62.3 Å². The molecule has 0 saturated carbocycles. The summed E-state index contributed by atoms with van der Waals surface area (Å²) in [5.74, 6) is 0.666. The minimum absolute atomic E-state index is 0.188. The molecular weight excluding hydrogens is 370 g/mol. The van der Waals surface area contributed by atoms with Crippen molar-refractivity contribution >= 4 is 23.2 Å². The van der Waals surface area contributed by atoms with Crippen LogP contribution >= 0.6 is 0 Å². The van der Waals surface area contributed by atoms with E-state index in [1.165, 1.54) is 17.7 Å². The molecule has 0 spiro atoms. The predicted molar refractivity (Wildman–Crippen MR) is 111 cm³/mol. The lowest BCUT2D eigenvalue weighted by molar-refractivity contribution is -0.123. The lowest BCUT2D eigenvalue weighted by Crippen LogP contribution is -2.52. The van der Waals surface area contributed by atoms with Crippen LogP contribution < -0.4 is 19.3 Å². The second-order valence-corrected chi connectivity index (χ2v) is 7.18. The van der Waals surface area contributed by atoms with Crippen LogP contribution in [0.5, 0.6) is 11.5 Å². The zero-order valence-electron chi connectivity index (χ0n) is 16.7. The van der Waals surface area contributed by atoms with Crippen LogP contribution in [0.2, 0.25) is 0 Å². The fraction of sp³-hybridized carbons (Fsp3) is 0.364. The minimum atomic E-state index is -0.424. The predicted octanol–water partition coefficient (Wildman–Crippen LogP) is 2.16. The van der Waals surface area contributed by atoms with Crippen molar-refractivity contribution in [1.82, 2.24) is 4.90 Å². The summed E-state index contributed by atoms with van der Waals surface area (Å²) in [5.41, 5.74) is 1.65. The summed E-state index contributed by atoms with van der Waals surface area (Å²) in [5, 5.41) is 0. The molecule has 4 rings (SSSR count). The molecule has 29 heavy (non-hydrogen) atoms. The molecule has 1 unspecified atom stereocenters. The zero-order valence-corrected chi connectivity index (χ0v) is 16.7. The Balaban J connectivity index is 1.48. The van der Waals surface area contributed by atoms with Crippen molar-refractivity contribution in [2.75, 3.05) is 50.2 Å². The van der Waals surface area contributed by atoms with Gasteiger partial charge >= 0.3 is 0 Å². The van der Waals surface area contributed by atoms with Gasteiger partial charge < -0.3 is 14.4 Å². The van der Waals surface area contributed by atoms with Gasteiger partial charge in [0.2, 0.25) is 5.91 Å². The Hall–Kier alpha value is -3.06. The highest BCUT2D eigenvalue weighted by atomic mass is 16.5. The van der Waals surface area contributed by atoms with Crippen LogP contribution in [0.4, 0.5) is 11.4 Å². The highest BCUT2D eigenvalue weighted by Crippen LogP contribution is 2.36. The van der Waals surface area contributed by atoms with Crippen molar-refractivity contribution in [2.45, 2.75) is 12.5 Å². The Kier molecular flexibility index (Phi) is 5.40. The quantitative estimate of drug-likeness (QED) is 0.723. The van der Waals surface area contributed by atoms with Gasteiger partial charge in [0.05, 0.1) is 32.4 Å². The maximum Gasteiger partial charge on any atom is 0.251 e. The third kappa shape index (κ3) is 3.65. The number of carbonyl (C=O) groups excluding carboxylic acids is 2. The number of ether oxygens (including phenoxy) is 2. The van der Waals surface area contributed by atoms with Crippen LogP contribution in [0.3, 0.4) is 0 Å². The van der Waals surface area contributed by atoms with Crippen LogP contribution in [0.15, 0.2) is 48.5 Å². The number of nitrogens with zero attached hydrogens (tertiary/aromatic N) is 3. The van der Waals surface area contributed by atoms with E-state index in [9.17, 15) is 9.59 Å². The van der Waals surface area contributed by atoms with Crippen molar-refractivity contribution < 1.29 is 19.1 Å². The van der Waals surface area contributed by atoms with Crippen LogP contribution in [0.25, 0.3) is 0 Å². The Bertz CT molecular complexity index is 894. The lowest BCUT2D eigenvalue weighted by Gasteiger charge is -2.38. The molecule has 0 radical (unpaired) electrons. The first-order chi connectivity index (χ1) is 14.1. The first-order valence-electron chi connectivity index (χ1n) is 9.75. The number of anilines is 2. The summed E-state index contributed by atoms with van der Waals surface area (Å²) in [7, 11) is 3.08. The standard InChI is InChI=1S/C22H25N3O4/c1-28-17-8-9-18(20(14-17)29-2)25-21(26)15-19(22(25)27)24-12-10-23(11-13-24)16-6-4-3-5-7-16/h3-9,14,19H,10-13,15H2,1-2H3. The molecule has 1 atom stereocenters. The highest BCUT2D eigenvalue weighted by molar-refractivity contribution is 6.23. The fourth-order valence-electron chi connectivity index (χ4n) is 4.05. The van der Waals surface area contributed by atoms with E-state index < -0.39 is 6.04 Å². The molecule has 0 aliphatic carbocycles. The summed E-state index contributed by atoms with van der Waals surface area (Å²) < 4.78 is 10.6. The second-order valence-electron chi connectivity index (χ2n) is 7.18. The third-order valence-electron chi connectivity index (χ3n) is 5.63. The molecule has 0 N–H and O–H groups in total. The van der Waals surface area contributed by atoms with Crippen molar-refractivity contribution in [3.05, 3.63) is 48.5 Å². The third-order valence-corrected chi connectivity index (χ3v) is 5.63. The second kappa shape index (κ2) is 8.13. The number of amides is 2. The molecule has 152 valence electrons. The largest absolute Gasteiger partial charge is 0.497 e. The maximum absolute atomic E-state index is 13.2. The summed E-state index contributed by atoms with van der Waals surface area (Å²) in [4.78, 5) is 31.6. The van der Waals surface area contributed by atoms with E-state index in [2.05, 4.69) is 21.9 Å². The average Bonchev–Trinajstić information content (AvgIpc) is 3.07. The Morgan fingerprint density at radius 3 is 2.28 bits per heavy atom. The smallest absolute Gasteiger partial charge is 0.251 e. The molecule has 2 aliphatic heterocycles. The molecule has 2 heterocycles. The molecule has 2 amide bonds. The molecular formula is C22H25N3O4. The van der Waals surface area contributed by atoms with E-state index in [1.807, 2.05) is 18.2 Å². The molecule has 2 aromatic rings. The van der Waals surface area contributed by atoms with Gasteiger partial charge in [0.1, 0.15) is 11.5 Å². The maximum atomic E-state index is 13.2. The number of carbonyl (C=O) groups is 2. The minimum Gasteiger partial charge on any atom is -0.497 e. The number of rotatable bonds is 5. The first kappa shape index (κ1) is 19.3. The number of benzene rings is 2. The van der Waals surface area contributed by atoms with Gasteiger partial charge in [-0.05, 0) is 24.3 Å². The van der Waals surface area contributed by atoms with Gasteiger partial charge in [0.25, 0.3) is 5.91 Å². The number of imide groups is 1. The van der Waals surface area contributed by atoms with Crippen molar-refractivity contribution in [1.29, 1.82) is 0 Å². The average molecular weight is 395 g/mol. The van der Waals surface area contributed by atoms with Crippen molar-refractivity contribution in [3.63, 3.8) is 0 Å². The van der Waals surface area contributed by atoms with Crippen LogP contribution in [-0.2, 0) is 9.59 Å². The number of methoxy groups -OCH3 is 2. The van der Waals surface area contributed by atoms with Gasteiger partial charge in [0.15, 0.2) is 0 Å². The number of hydrogen-bond acceptors (Lipinski definition) is 6. The van der Waals surface area contributed by atoms with Crippen molar-refractivity contribution in [2.24, 2.45) is 0 Å². The Labute approximate surface area is 170 Å². The summed E-state index contributed by atoms with van der Waals surface area (Å²) >= 11 is 0. The lowest BCUT2D eigenvalue weighted by atomic mass is 10.1. The molecule has 0 bridgehead atoms. The van der Waals surface area contributed by atoms with Crippen LogP contribution in [0, 0.1) is 0 Å². The van der Waals surface area contributed by atoms with E-state index >= 15 is 0 Å². The van der Waals surface area contributed by atoms with E-state index in [4.69, 9.17) is 9.47 Å². The SMILES string of the molecule is COc1ccc(N2C(=O)CC(N3CCN(c4ccccc4)CC3)C2=O)c(OC)c1. The number of hydrogen-bond donors (Lipinski definition) is 0. The monoisotopic (exact) mass is 395 g/mol. The fourth-order valence-corrected chi connectivity index (χ4v) is 4.05. The first-order valence-corrected chi connectivity index (χ1v) is 9.75. The van der Waals surface area contributed by atoms with Gasteiger partial charge in [-0.25, -0.2) is 4.90 Å². The number of piperazine rings is 1. The summed E-state index contributed by atoms with van der Waals surface area (Å²) in [6, 6.07) is 14.9. The molecule has 0 aromatic heterocycles. The van der Waals surface area contributed by atoms with E-state index in [-0.39, 0.29) is 18.2 Å². The highest BCUT2D eigenvalue weighted by Gasteiger charge is 2.44. The van der Waals surface area contributed by atoms with Crippen molar-refractivity contribution in [3.8, 4) is 11.5 Å². The van der Waals surface area contributed by atoms with E-state index in [0.717, 1.165) is 26.2 Å². The molecule has 2 saturated heterocycles.